The predicted octanol–water partition coefficient (Wildman–Crippen LogP) is 1.66. The molecule has 3 rings (SSSR count). The van der Waals surface area contributed by atoms with E-state index in [2.05, 4.69) is 25.3 Å². The molecule has 0 unspecified atom stereocenters. The van der Waals surface area contributed by atoms with Crippen molar-refractivity contribution in [2.75, 3.05) is 23.3 Å². The second-order valence-electron chi connectivity index (χ2n) is 5.43. The lowest BCUT2D eigenvalue weighted by Gasteiger charge is -2.33. The molecule has 0 bridgehead atoms. The molecule has 2 aromatic heterocycles. The SMILES string of the molecule is O=c1[nH]ccnc1N1CCC[C@@H](Nc2nccc(C(F)(F)F)n2)C1. The third-order valence-corrected chi connectivity index (χ3v) is 3.69. The third kappa shape index (κ3) is 3.63. The van der Waals surface area contributed by atoms with Crippen LogP contribution in [0.4, 0.5) is 24.9 Å². The molecule has 3 heterocycles. The van der Waals surface area contributed by atoms with Crippen molar-refractivity contribution in [1.82, 2.24) is 19.9 Å². The lowest BCUT2D eigenvalue weighted by atomic mass is 10.1. The van der Waals surface area contributed by atoms with Gasteiger partial charge >= 0.3 is 6.18 Å². The molecular weight excluding hydrogens is 325 g/mol. The van der Waals surface area contributed by atoms with Crippen LogP contribution in [0.5, 0.6) is 0 Å². The molecule has 10 heteroatoms. The summed E-state index contributed by atoms with van der Waals surface area (Å²) in [6, 6.07) is 0.648. The topological polar surface area (TPSA) is 86.8 Å². The first-order valence-electron chi connectivity index (χ1n) is 7.39. The summed E-state index contributed by atoms with van der Waals surface area (Å²) in [5.74, 6) is 0.223. The van der Waals surface area contributed by atoms with E-state index in [9.17, 15) is 18.0 Å². The number of aromatic amines is 1. The predicted molar refractivity (Wildman–Crippen MR) is 80.7 cm³/mol. The van der Waals surface area contributed by atoms with Crippen molar-refractivity contribution in [3.63, 3.8) is 0 Å². The minimum Gasteiger partial charge on any atom is -0.350 e. The number of nitrogens with one attached hydrogen (secondary N) is 2. The summed E-state index contributed by atoms with van der Waals surface area (Å²) in [5, 5.41) is 2.91. The molecule has 0 saturated carbocycles. The fourth-order valence-electron chi connectivity index (χ4n) is 2.63. The minimum absolute atomic E-state index is 0.0772. The number of hydrogen-bond acceptors (Lipinski definition) is 6. The van der Waals surface area contributed by atoms with Gasteiger partial charge in [-0.3, -0.25) is 4.79 Å². The number of H-pyrrole nitrogens is 1. The van der Waals surface area contributed by atoms with Crippen LogP contribution in [0.1, 0.15) is 18.5 Å². The number of aromatic nitrogens is 4. The highest BCUT2D eigenvalue weighted by molar-refractivity contribution is 5.38. The average Bonchev–Trinajstić information content (AvgIpc) is 2.55. The van der Waals surface area contributed by atoms with Crippen LogP contribution in [-0.2, 0) is 6.18 Å². The summed E-state index contributed by atoms with van der Waals surface area (Å²) in [4.78, 5) is 27.6. The molecule has 2 N–H and O–H groups in total. The Kier molecular flexibility index (Phi) is 4.36. The Balaban J connectivity index is 1.72. The molecule has 0 spiro atoms. The molecule has 1 aliphatic heterocycles. The highest BCUT2D eigenvalue weighted by Gasteiger charge is 2.33. The van der Waals surface area contributed by atoms with E-state index in [-0.39, 0.29) is 17.5 Å². The van der Waals surface area contributed by atoms with E-state index in [1.165, 1.54) is 12.4 Å². The Hall–Kier alpha value is -2.65. The molecule has 1 atom stereocenters. The van der Waals surface area contributed by atoms with E-state index in [4.69, 9.17) is 0 Å². The summed E-state index contributed by atoms with van der Waals surface area (Å²) in [7, 11) is 0. The Bertz CT molecular complexity index is 762. The normalized spacial score (nSPS) is 18.5. The Morgan fingerprint density at radius 3 is 2.88 bits per heavy atom. The largest absolute Gasteiger partial charge is 0.433 e. The van der Waals surface area contributed by atoms with Gasteiger partial charge in [-0.2, -0.15) is 13.2 Å². The van der Waals surface area contributed by atoms with Gasteiger partial charge in [-0.25, -0.2) is 15.0 Å². The summed E-state index contributed by atoms with van der Waals surface area (Å²) >= 11 is 0. The van der Waals surface area contributed by atoms with E-state index < -0.39 is 11.9 Å². The summed E-state index contributed by atoms with van der Waals surface area (Å²) < 4.78 is 38.1. The van der Waals surface area contributed by atoms with E-state index in [0.29, 0.717) is 18.9 Å². The van der Waals surface area contributed by atoms with Gasteiger partial charge in [-0.1, -0.05) is 0 Å². The minimum atomic E-state index is -4.51. The Labute approximate surface area is 135 Å². The van der Waals surface area contributed by atoms with E-state index in [1.54, 1.807) is 4.90 Å². The van der Waals surface area contributed by atoms with Gasteiger partial charge in [0.1, 0.15) is 5.69 Å². The quantitative estimate of drug-likeness (QED) is 0.884. The first-order valence-corrected chi connectivity index (χ1v) is 7.39. The van der Waals surface area contributed by atoms with E-state index in [1.807, 2.05) is 0 Å². The van der Waals surface area contributed by atoms with E-state index in [0.717, 1.165) is 25.1 Å². The van der Waals surface area contributed by atoms with Gasteiger partial charge in [0.25, 0.3) is 5.56 Å². The number of nitrogens with zero attached hydrogens (tertiary/aromatic N) is 4. The standard InChI is InChI=1S/C14H15F3N6O/c15-14(16,17)10-3-4-20-13(22-10)21-9-2-1-7-23(8-9)11-12(24)19-6-5-18-11/h3-6,9H,1-2,7-8H2,(H,19,24)(H,20,21,22)/t9-/m1/s1. The zero-order valence-electron chi connectivity index (χ0n) is 12.5. The van der Waals surface area contributed by atoms with Crippen molar-refractivity contribution in [2.24, 2.45) is 0 Å². The molecule has 1 saturated heterocycles. The molecule has 7 nitrogen and oxygen atoms in total. The van der Waals surface area contributed by atoms with Gasteiger partial charge in [0.15, 0.2) is 5.82 Å². The van der Waals surface area contributed by atoms with Crippen molar-refractivity contribution in [2.45, 2.75) is 25.1 Å². The average molecular weight is 340 g/mol. The number of alkyl halides is 3. The van der Waals surface area contributed by atoms with Crippen LogP contribution < -0.4 is 15.8 Å². The third-order valence-electron chi connectivity index (χ3n) is 3.69. The molecule has 1 fully saturated rings. The van der Waals surface area contributed by atoms with Crippen LogP contribution >= 0.6 is 0 Å². The molecule has 0 radical (unpaired) electrons. The maximum atomic E-state index is 12.7. The van der Waals surface area contributed by atoms with Crippen molar-refractivity contribution in [1.29, 1.82) is 0 Å². The van der Waals surface area contributed by atoms with Crippen molar-refractivity contribution >= 4 is 11.8 Å². The van der Waals surface area contributed by atoms with Gasteiger partial charge in [-0.05, 0) is 18.9 Å². The van der Waals surface area contributed by atoms with Gasteiger partial charge < -0.3 is 15.2 Å². The van der Waals surface area contributed by atoms with Crippen LogP contribution in [0, 0.1) is 0 Å². The van der Waals surface area contributed by atoms with Crippen LogP contribution in [0.25, 0.3) is 0 Å². The van der Waals surface area contributed by atoms with Gasteiger partial charge in [-0.15, -0.1) is 0 Å². The second kappa shape index (κ2) is 6.46. The summed E-state index contributed by atoms with van der Waals surface area (Å²) in [6.45, 7) is 1.08. The highest BCUT2D eigenvalue weighted by Crippen LogP contribution is 2.27. The monoisotopic (exact) mass is 340 g/mol. The molecule has 0 aliphatic carbocycles. The maximum absolute atomic E-state index is 12.7. The smallest absolute Gasteiger partial charge is 0.350 e. The maximum Gasteiger partial charge on any atom is 0.433 e. The zero-order chi connectivity index (χ0) is 17.2. The molecule has 0 aromatic carbocycles. The lowest BCUT2D eigenvalue weighted by molar-refractivity contribution is -0.141. The second-order valence-corrected chi connectivity index (χ2v) is 5.43. The number of piperidine rings is 1. The van der Waals surface area contributed by atoms with Crippen LogP contribution in [-0.4, -0.2) is 39.1 Å². The first-order chi connectivity index (χ1) is 11.4. The van der Waals surface area contributed by atoms with Gasteiger partial charge in [0, 0.05) is 37.7 Å². The Morgan fingerprint density at radius 2 is 2.12 bits per heavy atom. The number of anilines is 2. The zero-order valence-corrected chi connectivity index (χ0v) is 12.5. The summed E-state index contributed by atoms with van der Waals surface area (Å²) in [5.41, 5.74) is -1.29. The number of halogens is 3. The summed E-state index contributed by atoms with van der Waals surface area (Å²) in [6.07, 6.45) is 1.00. The lowest BCUT2D eigenvalue weighted by Crippen LogP contribution is -2.44. The van der Waals surface area contributed by atoms with Crippen molar-refractivity contribution < 1.29 is 13.2 Å². The molecule has 1 aliphatic rings. The highest BCUT2D eigenvalue weighted by atomic mass is 19.4. The number of hydrogen-bond donors (Lipinski definition) is 2. The fraction of sp³-hybridized carbons (Fsp3) is 0.429. The van der Waals surface area contributed by atoms with Crippen molar-refractivity contribution in [3.05, 3.63) is 40.7 Å². The number of rotatable bonds is 3. The molecule has 24 heavy (non-hydrogen) atoms. The molecular formula is C14H15F3N6O. The fourth-order valence-corrected chi connectivity index (χ4v) is 2.63. The molecule has 0 amide bonds. The Morgan fingerprint density at radius 1 is 1.29 bits per heavy atom. The molecule has 2 aromatic rings. The van der Waals surface area contributed by atoms with Crippen LogP contribution in [0.3, 0.4) is 0 Å². The van der Waals surface area contributed by atoms with Crippen molar-refractivity contribution in [3.8, 4) is 0 Å². The first kappa shape index (κ1) is 16.2. The van der Waals surface area contributed by atoms with Gasteiger partial charge in [0.05, 0.1) is 0 Å². The van der Waals surface area contributed by atoms with Crippen LogP contribution in [0.2, 0.25) is 0 Å². The van der Waals surface area contributed by atoms with Crippen LogP contribution in [0.15, 0.2) is 29.5 Å². The molecule has 128 valence electrons. The van der Waals surface area contributed by atoms with Gasteiger partial charge in [0.2, 0.25) is 5.95 Å². The van der Waals surface area contributed by atoms with E-state index >= 15 is 0 Å².